The van der Waals surface area contributed by atoms with Crippen molar-refractivity contribution in [1.82, 2.24) is 10.6 Å². The van der Waals surface area contributed by atoms with Gasteiger partial charge in [-0.3, -0.25) is 4.79 Å². The Bertz CT molecular complexity index is 814. The van der Waals surface area contributed by atoms with Crippen molar-refractivity contribution in [3.63, 3.8) is 0 Å². The topological polar surface area (TPSA) is 61.4 Å². The summed E-state index contributed by atoms with van der Waals surface area (Å²) in [7, 11) is 0. The zero-order chi connectivity index (χ0) is 18.9. The Balaban J connectivity index is 2.15. The summed E-state index contributed by atoms with van der Waals surface area (Å²) in [6.45, 7) is 0. The van der Waals surface area contributed by atoms with Gasteiger partial charge in [0.15, 0.2) is 10.9 Å². The highest BCUT2D eigenvalue weighted by atomic mass is 32.1. The van der Waals surface area contributed by atoms with E-state index in [1.165, 1.54) is 12.1 Å². The number of ketones is 1. The van der Waals surface area contributed by atoms with Crippen molar-refractivity contribution in [1.29, 1.82) is 0 Å². The van der Waals surface area contributed by atoms with Gasteiger partial charge in [0.25, 0.3) is 0 Å². The molecule has 1 aliphatic rings. The predicted molar refractivity (Wildman–Crippen MR) is 93.3 cm³/mol. The van der Waals surface area contributed by atoms with E-state index in [1.54, 1.807) is 48.5 Å². The van der Waals surface area contributed by atoms with Gasteiger partial charge in [0.1, 0.15) is 5.92 Å². The van der Waals surface area contributed by atoms with Crippen molar-refractivity contribution in [3.8, 4) is 0 Å². The number of halogens is 3. The van der Waals surface area contributed by atoms with E-state index in [0.29, 0.717) is 5.56 Å². The molecule has 3 rings (SSSR count). The number of hydrogen-bond acceptors (Lipinski definition) is 3. The van der Waals surface area contributed by atoms with Gasteiger partial charge in [0.2, 0.25) is 5.72 Å². The molecule has 26 heavy (non-hydrogen) atoms. The number of rotatable bonds is 3. The number of benzene rings is 2. The molecule has 0 aliphatic carbocycles. The Kier molecular flexibility index (Phi) is 4.72. The summed E-state index contributed by atoms with van der Waals surface area (Å²) in [5.41, 5.74) is -3.02. The van der Waals surface area contributed by atoms with Crippen LogP contribution in [0.3, 0.4) is 0 Å². The van der Waals surface area contributed by atoms with Crippen molar-refractivity contribution >= 4 is 23.1 Å². The van der Waals surface area contributed by atoms with Gasteiger partial charge in [-0.2, -0.15) is 13.2 Å². The van der Waals surface area contributed by atoms with Crippen LogP contribution in [-0.2, 0) is 0 Å². The van der Waals surface area contributed by atoms with Gasteiger partial charge >= 0.3 is 6.18 Å². The van der Waals surface area contributed by atoms with Gasteiger partial charge in [-0.1, -0.05) is 60.7 Å². The average Bonchev–Trinajstić information content (AvgIpc) is 2.61. The molecular weight excluding hydrogens is 365 g/mol. The van der Waals surface area contributed by atoms with Crippen LogP contribution < -0.4 is 10.6 Å². The molecule has 0 amide bonds. The molecule has 0 aromatic heterocycles. The molecule has 136 valence electrons. The van der Waals surface area contributed by atoms with E-state index >= 15 is 0 Å². The fraction of sp³-hybridized carbons (Fsp3) is 0.222. The predicted octanol–water partition coefficient (Wildman–Crippen LogP) is 2.96. The van der Waals surface area contributed by atoms with E-state index < -0.39 is 29.6 Å². The second-order valence-electron chi connectivity index (χ2n) is 5.96. The summed E-state index contributed by atoms with van der Waals surface area (Å²) in [5, 5.41) is 14.7. The number of nitrogens with one attached hydrogen (secondary N) is 2. The minimum absolute atomic E-state index is 0.0672. The minimum Gasteiger partial charge on any atom is -0.363 e. The zero-order valence-corrected chi connectivity index (χ0v) is 14.1. The van der Waals surface area contributed by atoms with Crippen molar-refractivity contribution < 1.29 is 23.1 Å². The maximum atomic E-state index is 13.8. The molecule has 8 heteroatoms. The lowest BCUT2D eigenvalue weighted by atomic mass is 9.77. The summed E-state index contributed by atoms with van der Waals surface area (Å²) in [4.78, 5) is 13.0. The Hall–Kier alpha value is -2.45. The van der Waals surface area contributed by atoms with Gasteiger partial charge in [-0.05, 0) is 17.8 Å². The van der Waals surface area contributed by atoms with Crippen molar-refractivity contribution in [2.24, 2.45) is 5.92 Å². The summed E-state index contributed by atoms with van der Waals surface area (Å²) in [6.07, 6.45) is -5.12. The quantitative estimate of drug-likeness (QED) is 0.565. The first-order chi connectivity index (χ1) is 12.2. The highest BCUT2D eigenvalue weighted by Gasteiger charge is 2.65. The highest BCUT2D eigenvalue weighted by Crippen LogP contribution is 2.43. The first-order valence-corrected chi connectivity index (χ1v) is 8.17. The maximum absolute atomic E-state index is 13.8. The number of alkyl halides is 3. The number of aliphatic hydroxyl groups is 1. The Morgan fingerprint density at radius 3 is 2.12 bits per heavy atom. The molecule has 0 saturated carbocycles. The first-order valence-electron chi connectivity index (χ1n) is 7.76. The standard InChI is InChI=1S/C18H15F3N2O2S/c19-18(20,21)17(25)13(15(24)12-9-5-2-6-10-12)14(22-16(26)23-17)11-7-3-1-4-8-11/h1-10,13-14,25H,(H2,22,23,26)/t13-,14-,17+/m1/s1. The van der Waals surface area contributed by atoms with Crippen molar-refractivity contribution in [3.05, 3.63) is 71.8 Å². The molecule has 2 aromatic carbocycles. The smallest absolute Gasteiger partial charge is 0.363 e. The second kappa shape index (κ2) is 6.69. The molecule has 1 aliphatic heterocycles. The number of carbonyl (C=O) groups is 1. The molecule has 0 unspecified atom stereocenters. The van der Waals surface area contributed by atoms with Crippen LogP contribution in [0.4, 0.5) is 13.2 Å². The molecule has 2 aromatic rings. The molecule has 1 heterocycles. The molecule has 0 spiro atoms. The third kappa shape index (κ3) is 3.17. The lowest BCUT2D eigenvalue weighted by Gasteiger charge is -2.46. The fourth-order valence-electron chi connectivity index (χ4n) is 3.06. The van der Waals surface area contributed by atoms with E-state index in [9.17, 15) is 23.1 Å². The largest absolute Gasteiger partial charge is 0.437 e. The van der Waals surface area contributed by atoms with Crippen LogP contribution in [0.1, 0.15) is 22.0 Å². The first kappa shape index (κ1) is 18.3. The Morgan fingerprint density at radius 1 is 1.04 bits per heavy atom. The lowest BCUT2D eigenvalue weighted by molar-refractivity contribution is -0.285. The minimum atomic E-state index is -5.12. The van der Waals surface area contributed by atoms with Crippen LogP contribution in [0.5, 0.6) is 0 Å². The Labute approximate surface area is 153 Å². The van der Waals surface area contributed by atoms with E-state index in [2.05, 4.69) is 5.32 Å². The molecular formula is C18H15F3N2O2S. The van der Waals surface area contributed by atoms with Crippen molar-refractivity contribution in [2.75, 3.05) is 0 Å². The highest BCUT2D eigenvalue weighted by molar-refractivity contribution is 7.80. The van der Waals surface area contributed by atoms with Gasteiger partial charge in [-0.15, -0.1) is 0 Å². The number of carbonyl (C=O) groups excluding carboxylic acids is 1. The number of thiocarbonyl (C=S) groups is 1. The molecule has 0 radical (unpaired) electrons. The lowest BCUT2D eigenvalue weighted by Crippen LogP contribution is -2.72. The number of hydrogen-bond donors (Lipinski definition) is 3. The number of Topliss-reactive ketones (excluding diaryl/α,β-unsaturated/α-hetero) is 1. The third-order valence-corrected chi connectivity index (χ3v) is 4.53. The molecule has 1 fully saturated rings. The van der Waals surface area contributed by atoms with Gasteiger partial charge in [-0.25, -0.2) is 0 Å². The van der Waals surface area contributed by atoms with E-state index in [-0.39, 0.29) is 10.7 Å². The van der Waals surface area contributed by atoms with Crippen LogP contribution in [0, 0.1) is 5.92 Å². The maximum Gasteiger partial charge on any atom is 0.437 e. The Morgan fingerprint density at radius 2 is 1.58 bits per heavy atom. The normalized spacial score (nSPS) is 25.9. The van der Waals surface area contributed by atoms with Crippen LogP contribution in [0.2, 0.25) is 0 Å². The molecule has 1 saturated heterocycles. The average molecular weight is 380 g/mol. The monoisotopic (exact) mass is 380 g/mol. The van der Waals surface area contributed by atoms with Gasteiger partial charge < -0.3 is 15.7 Å². The second-order valence-corrected chi connectivity index (χ2v) is 6.37. The molecule has 4 nitrogen and oxygen atoms in total. The van der Waals surface area contributed by atoms with Crippen LogP contribution in [-0.4, -0.2) is 27.9 Å². The van der Waals surface area contributed by atoms with E-state index in [1.807, 2.05) is 5.32 Å². The third-order valence-electron chi connectivity index (χ3n) is 4.31. The van der Waals surface area contributed by atoms with Crippen LogP contribution in [0.25, 0.3) is 0 Å². The van der Waals surface area contributed by atoms with E-state index in [4.69, 9.17) is 12.2 Å². The van der Waals surface area contributed by atoms with Crippen molar-refractivity contribution in [2.45, 2.75) is 17.9 Å². The van der Waals surface area contributed by atoms with Gasteiger partial charge in [0, 0.05) is 5.56 Å². The SMILES string of the molecule is O=C(c1ccccc1)[C@H]1[C@@H](c2ccccc2)NC(=S)N[C@@]1(O)C(F)(F)F. The summed E-state index contributed by atoms with van der Waals surface area (Å²) >= 11 is 4.86. The summed E-state index contributed by atoms with van der Waals surface area (Å²) < 4.78 is 41.3. The van der Waals surface area contributed by atoms with Gasteiger partial charge in [0.05, 0.1) is 6.04 Å². The molecule has 3 N–H and O–H groups in total. The van der Waals surface area contributed by atoms with E-state index in [0.717, 1.165) is 0 Å². The fourth-order valence-corrected chi connectivity index (χ4v) is 3.34. The zero-order valence-electron chi connectivity index (χ0n) is 13.3. The summed E-state index contributed by atoms with van der Waals surface area (Å²) in [5.74, 6) is -2.72. The molecule has 0 bridgehead atoms. The summed E-state index contributed by atoms with van der Waals surface area (Å²) in [6, 6.07) is 14.5. The molecule has 3 atom stereocenters. The van der Waals surface area contributed by atoms with Crippen LogP contribution in [0.15, 0.2) is 60.7 Å². The van der Waals surface area contributed by atoms with Crippen LogP contribution >= 0.6 is 12.2 Å².